The van der Waals surface area contributed by atoms with Gasteiger partial charge in [0.1, 0.15) is 18.1 Å². The molecular formula is C17H20O2S. The van der Waals surface area contributed by atoms with E-state index in [9.17, 15) is 0 Å². The summed E-state index contributed by atoms with van der Waals surface area (Å²) in [4.78, 5) is 1.28. The third-order valence-electron chi connectivity index (χ3n) is 2.90. The molecule has 0 fully saturated rings. The van der Waals surface area contributed by atoms with Crippen molar-refractivity contribution in [1.29, 1.82) is 0 Å². The van der Waals surface area contributed by atoms with E-state index in [0.29, 0.717) is 11.9 Å². The highest BCUT2D eigenvalue weighted by atomic mass is 32.2. The second-order valence-corrected chi connectivity index (χ2v) is 6.24. The van der Waals surface area contributed by atoms with Crippen LogP contribution < -0.4 is 9.47 Å². The van der Waals surface area contributed by atoms with Crippen LogP contribution in [0.25, 0.3) is 0 Å². The summed E-state index contributed by atoms with van der Waals surface area (Å²) in [7, 11) is 1.66. The summed E-state index contributed by atoms with van der Waals surface area (Å²) in [5.41, 5.74) is 1.29. The number of methoxy groups -OCH3 is 1. The SMILES string of the molecule is COc1ccc(OCC(C)Sc2ccc(C)cc2)cc1. The number of thioether (sulfide) groups is 1. The fourth-order valence-corrected chi connectivity index (χ4v) is 2.66. The molecule has 0 aliphatic heterocycles. The van der Waals surface area contributed by atoms with Gasteiger partial charge in [0.25, 0.3) is 0 Å². The van der Waals surface area contributed by atoms with E-state index in [4.69, 9.17) is 9.47 Å². The Balaban J connectivity index is 1.82. The van der Waals surface area contributed by atoms with Gasteiger partial charge in [0.05, 0.1) is 7.11 Å². The highest BCUT2D eigenvalue weighted by Crippen LogP contribution is 2.24. The largest absolute Gasteiger partial charge is 0.497 e. The van der Waals surface area contributed by atoms with Crippen molar-refractivity contribution in [3.05, 3.63) is 54.1 Å². The van der Waals surface area contributed by atoms with Gasteiger partial charge in [-0.3, -0.25) is 0 Å². The molecule has 0 saturated heterocycles. The van der Waals surface area contributed by atoms with Gasteiger partial charge in [0.2, 0.25) is 0 Å². The molecule has 2 nitrogen and oxygen atoms in total. The Hall–Kier alpha value is -1.61. The highest BCUT2D eigenvalue weighted by Gasteiger charge is 2.05. The fourth-order valence-electron chi connectivity index (χ4n) is 1.77. The number of ether oxygens (including phenoxy) is 2. The topological polar surface area (TPSA) is 18.5 Å². The molecular weight excluding hydrogens is 268 g/mol. The van der Waals surface area contributed by atoms with Gasteiger partial charge in [-0.1, -0.05) is 17.7 Å². The molecule has 0 radical (unpaired) electrons. The summed E-state index contributed by atoms with van der Waals surface area (Å²) < 4.78 is 10.9. The normalized spacial score (nSPS) is 11.9. The van der Waals surface area contributed by atoms with E-state index in [0.717, 1.165) is 11.5 Å². The summed E-state index contributed by atoms with van der Waals surface area (Å²) >= 11 is 1.83. The van der Waals surface area contributed by atoms with Gasteiger partial charge in [-0.2, -0.15) is 0 Å². The lowest BCUT2D eigenvalue weighted by atomic mass is 10.2. The van der Waals surface area contributed by atoms with Crippen LogP contribution in [0.1, 0.15) is 12.5 Å². The number of hydrogen-bond donors (Lipinski definition) is 0. The fraction of sp³-hybridized carbons (Fsp3) is 0.294. The van der Waals surface area contributed by atoms with E-state index in [1.54, 1.807) is 7.11 Å². The summed E-state index contributed by atoms with van der Waals surface area (Å²) in [6.45, 7) is 4.96. The molecule has 2 rings (SSSR count). The Morgan fingerprint density at radius 2 is 1.55 bits per heavy atom. The minimum absolute atomic E-state index is 0.403. The second-order valence-electron chi connectivity index (χ2n) is 4.73. The van der Waals surface area contributed by atoms with Crippen molar-refractivity contribution in [2.24, 2.45) is 0 Å². The molecule has 106 valence electrons. The lowest BCUT2D eigenvalue weighted by Crippen LogP contribution is -2.10. The number of benzene rings is 2. The van der Waals surface area contributed by atoms with Crippen molar-refractivity contribution in [3.63, 3.8) is 0 Å². The first-order chi connectivity index (χ1) is 9.67. The average Bonchev–Trinajstić information content (AvgIpc) is 2.48. The van der Waals surface area contributed by atoms with Crippen LogP contribution in [0.4, 0.5) is 0 Å². The maximum atomic E-state index is 5.79. The van der Waals surface area contributed by atoms with Crippen LogP contribution in [0.3, 0.4) is 0 Å². The van der Waals surface area contributed by atoms with Crippen molar-refractivity contribution in [1.82, 2.24) is 0 Å². The molecule has 0 saturated carbocycles. The van der Waals surface area contributed by atoms with Crippen molar-refractivity contribution >= 4 is 11.8 Å². The monoisotopic (exact) mass is 288 g/mol. The molecule has 2 aromatic carbocycles. The number of aryl methyl sites for hydroxylation is 1. The van der Waals surface area contributed by atoms with E-state index in [1.807, 2.05) is 36.0 Å². The quantitative estimate of drug-likeness (QED) is 0.726. The molecule has 0 N–H and O–H groups in total. The molecule has 1 atom stereocenters. The third kappa shape index (κ3) is 4.49. The molecule has 0 aliphatic carbocycles. The zero-order chi connectivity index (χ0) is 14.4. The van der Waals surface area contributed by atoms with Crippen molar-refractivity contribution in [2.75, 3.05) is 13.7 Å². The van der Waals surface area contributed by atoms with Gasteiger partial charge < -0.3 is 9.47 Å². The molecule has 0 heterocycles. The van der Waals surface area contributed by atoms with Gasteiger partial charge in [0, 0.05) is 10.1 Å². The molecule has 0 spiro atoms. The van der Waals surface area contributed by atoms with Crippen LogP contribution in [0, 0.1) is 6.92 Å². The van der Waals surface area contributed by atoms with E-state index >= 15 is 0 Å². The summed E-state index contributed by atoms with van der Waals surface area (Å²) in [6.07, 6.45) is 0. The molecule has 0 aromatic heterocycles. The van der Waals surface area contributed by atoms with Crippen molar-refractivity contribution in [2.45, 2.75) is 24.0 Å². The molecule has 3 heteroatoms. The summed E-state index contributed by atoms with van der Waals surface area (Å²) in [5.74, 6) is 1.72. The van der Waals surface area contributed by atoms with E-state index in [1.165, 1.54) is 10.5 Å². The number of hydrogen-bond acceptors (Lipinski definition) is 3. The maximum absolute atomic E-state index is 5.79. The maximum Gasteiger partial charge on any atom is 0.119 e. The van der Waals surface area contributed by atoms with Crippen LogP contribution >= 0.6 is 11.8 Å². The minimum Gasteiger partial charge on any atom is -0.497 e. The van der Waals surface area contributed by atoms with Gasteiger partial charge >= 0.3 is 0 Å². The Morgan fingerprint density at radius 3 is 2.15 bits per heavy atom. The predicted octanol–water partition coefficient (Wildman–Crippen LogP) is 4.56. The standard InChI is InChI=1S/C17H20O2S/c1-13-4-10-17(11-5-13)20-14(2)12-19-16-8-6-15(18-3)7-9-16/h4-11,14H,12H2,1-3H3. The van der Waals surface area contributed by atoms with Crippen LogP contribution in [0.15, 0.2) is 53.4 Å². The first-order valence-electron chi connectivity index (χ1n) is 6.67. The smallest absolute Gasteiger partial charge is 0.119 e. The molecule has 0 amide bonds. The van der Waals surface area contributed by atoms with Gasteiger partial charge in [-0.25, -0.2) is 0 Å². The average molecular weight is 288 g/mol. The lowest BCUT2D eigenvalue weighted by Gasteiger charge is -2.13. The molecule has 1 unspecified atom stereocenters. The predicted molar refractivity (Wildman–Crippen MR) is 85.0 cm³/mol. The third-order valence-corrected chi connectivity index (χ3v) is 3.99. The Labute approximate surface area is 125 Å². The Kier molecular flexibility index (Phi) is 5.36. The summed E-state index contributed by atoms with van der Waals surface area (Å²) in [5, 5.41) is 0.403. The highest BCUT2D eigenvalue weighted by molar-refractivity contribution is 8.00. The zero-order valence-electron chi connectivity index (χ0n) is 12.1. The van der Waals surface area contributed by atoms with E-state index in [-0.39, 0.29) is 0 Å². The van der Waals surface area contributed by atoms with Gasteiger partial charge in [-0.15, -0.1) is 11.8 Å². The van der Waals surface area contributed by atoms with Gasteiger partial charge in [0.15, 0.2) is 0 Å². The lowest BCUT2D eigenvalue weighted by molar-refractivity contribution is 0.321. The molecule has 2 aromatic rings. The molecule has 20 heavy (non-hydrogen) atoms. The molecule has 0 bridgehead atoms. The minimum atomic E-state index is 0.403. The van der Waals surface area contributed by atoms with Crippen molar-refractivity contribution in [3.8, 4) is 11.5 Å². The Morgan fingerprint density at radius 1 is 0.950 bits per heavy atom. The van der Waals surface area contributed by atoms with E-state index < -0.39 is 0 Å². The Bertz CT molecular complexity index is 520. The van der Waals surface area contributed by atoms with Crippen LogP contribution in [0.5, 0.6) is 11.5 Å². The van der Waals surface area contributed by atoms with Gasteiger partial charge in [-0.05, 0) is 50.2 Å². The molecule has 0 aliphatic rings. The summed E-state index contributed by atoms with van der Waals surface area (Å²) in [6, 6.07) is 16.3. The number of rotatable bonds is 6. The van der Waals surface area contributed by atoms with E-state index in [2.05, 4.69) is 38.1 Å². The zero-order valence-corrected chi connectivity index (χ0v) is 12.9. The van der Waals surface area contributed by atoms with Crippen molar-refractivity contribution < 1.29 is 9.47 Å². The van der Waals surface area contributed by atoms with Crippen LogP contribution in [-0.4, -0.2) is 19.0 Å². The first-order valence-corrected chi connectivity index (χ1v) is 7.55. The first kappa shape index (κ1) is 14.8. The second kappa shape index (κ2) is 7.25. The van der Waals surface area contributed by atoms with Crippen LogP contribution in [0.2, 0.25) is 0 Å². The van der Waals surface area contributed by atoms with Crippen LogP contribution in [-0.2, 0) is 0 Å².